The number of carbonyl (C=O) groups is 1. The number of fused-ring (bicyclic) bond motifs is 1. The van der Waals surface area contributed by atoms with Crippen molar-refractivity contribution in [2.24, 2.45) is 0 Å². The third-order valence-corrected chi connectivity index (χ3v) is 3.77. The largest absolute Gasteiger partial charge is 0.481 e. The van der Waals surface area contributed by atoms with Crippen LogP contribution >= 0.6 is 0 Å². The van der Waals surface area contributed by atoms with Crippen molar-refractivity contribution >= 4 is 22.4 Å². The molecule has 0 saturated heterocycles. The Hall–Kier alpha value is -2.88. The number of amides is 1. The van der Waals surface area contributed by atoms with Crippen molar-refractivity contribution in [2.75, 3.05) is 5.32 Å². The van der Waals surface area contributed by atoms with Crippen LogP contribution in [0.2, 0.25) is 0 Å². The minimum atomic E-state index is -0.637. The Kier molecular flexibility index (Phi) is 4.75. The Morgan fingerprint density at radius 2 is 1.75 bits per heavy atom. The summed E-state index contributed by atoms with van der Waals surface area (Å²) in [4.78, 5) is 12.4. The predicted molar refractivity (Wildman–Crippen MR) is 93.7 cm³/mol. The van der Waals surface area contributed by atoms with Gasteiger partial charge in [0, 0.05) is 5.69 Å². The molecule has 0 aliphatic rings. The maximum absolute atomic E-state index is 12.9. The van der Waals surface area contributed by atoms with E-state index < -0.39 is 6.10 Å². The number of ether oxygens (including phenoxy) is 1. The summed E-state index contributed by atoms with van der Waals surface area (Å²) in [6.45, 7) is 1.87. The van der Waals surface area contributed by atoms with Crippen molar-refractivity contribution in [2.45, 2.75) is 19.4 Å². The van der Waals surface area contributed by atoms with Crippen molar-refractivity contribution in [1.29, 1.82) is 0 Å². The highest BCUT2D eigenvalue weighted by atomic mass is 19.1. The molecule has 3 aromatic carbocycles. The fraction of sp³-hybridized carbons (Fsp3) is 0.150. The molecule has 3 rings (SSSR count). The molecule has 1 N–H and O–H groups in total. The van der Waals surface area contributed by atoms with Gasteiger partial charge in [-0.05, 0) is 53.6 Å². The number of rotatable bonds is 5. The van der Waals surface area contributed by atoms with Crippen LogP contribution in [0.15, 0.2) is 66.7 Å². The number of benzene rings is 3. The topological polar surface area (TPSA) is 38.3 Å². The van der Waals surface area contributed by atoms with E-state index in [2.05, 4.69) is 5.32 Å². The third-order valence-electron chi connectivity index (χ3n) is 3.77. The molecule has 1 atom stereocenters. The molecule has 4 heteroatoms. The van der Waals surface area contributed by atoms with Crippen LogP contribution in [0.3, 0.4) is 0 Å². The van der Waals surface area contributed by atoms with E-state index in [4.69, 9.17) is 4.74 Å². The van der Waals surface area contributed by atoms with Gasteiger partial charge in [0.25, 0.3) is 5.91 Å². The van der Waals surface area contributed by atoms with Gasteiger partial charge < -0.3 is 10.1 Å². The number of carbonyl (C=O) groups excluding carboxylic acids is 1. The van der Waals surface area contributed by atoms with Gasteiger partial charge in [-0.3, -0.25) is 4.79 Å². The molecule has 0 saturated carbocycles. The van der Waals surface area contributed by atoms with Crippen molar-refractivity contribution in [3.05, 3.63) is 72.5 Å². The molecule has 0 fully saturated rings. The van der Waals surface area contributed by atoms with Crippen LogP contribution in [-0.2, 0) is 4.79 Å². The molecule has 0 aromatic heterocycles. The minimum absolute atomic E-state index is 0.225. The highest BCUT2D eigenvalue weighted by Crippen LogP contribution is 2.20. The van der Waals surface area contributed by atoms with Crippen LogP contribution < -0.4 is 10.1 Å². The van der Waals surface area contributed by atoms with E-state index in [9.17, 15) is 9.18 Å². The fourth-order valence-corrected chi connectivity index (χ4v) is 2.49. The van der Waals surface area contributed by atoms with Crippen molar-refractivity contribution < 1.29 is 13.9 Å². The second-order valence-electron chi connectivity index (χ2n) is 5.52. The Morgan fingerprint density at radius 1 is 1.04 bits per heavy atom. The average molecular weight is 323 g/mol. The summed E-state index contributed by atoms with van der Waals surface area (Å²) < 4.78 is 18.6. The average Bonchev–Trinajstić information content (AvgIpc) is 2.61. The van der Waals surface area contributed by atoms with Crippen LogP contribution in [0.25, 0.3) is 10.8 Å². The zero-order valence-corrected chi connectivity index (χ0v) is 13.3. The monoisotopic (exact) mass is 323 g/mol. The van der Waals surface area contributed by atoms with Gasteiger partial charge in [-0.2, -0.15) is 0 Å². The molecular formula is C20H18FNO2. The second-order valence-corrected chi connectivity index (χ2v) is 5.52. The van der Waals surface area contributed by atoms with E-state index in [0.717, 1.165) is 16.5 Å². The van der Waals surface area contributed by atoms with E-state index >= 15 is 0 Å². The van der Waals surface area contributed by atoms with Crippen LogP contribution in [0, 0.1) is 5.82 Å². The first-order valence-electron chi connectivity index (χ1n) is 7.87. The molecule has 24 heavy (non-hydrogen) atoms. The van der Waals surface area contributed by atoms with Gasteiger partial charge in [0.1, 0.15) is 11.6 Å². The molecule has 3 aromatic rings. The smallest absolute Gasteiger partial charge is 0.265 e. The van der Waals surface area contributed by atoms with Gasteiger partial charge in [0.15, 0.2) is 6.10 Å². The lowest BCUT2D eigenvalue weighted by atomic mass is 10.1. The molecule has 0 spiro atoms. The van der Waals surface area contributed by atoms with Crippen LogP contribution in [0.1, 0.15) is 13.3 Å². The Balaban J connectivity index is 1.72. The molecule has 122 valence electrons. The number of hydrogen-bond acceptors (Lipinski definition) is 2. The summed E-state index contributed by atoms with van der Waals surface area (Å²) in [6, 6.07) is 19.4. The lowest BCUT2D eigenvalue weighted by molar-refractivity contribution is -0.122. The maximum atomic E-state index is 12.9. The van der Waals surface area contributed by atoms with Gasteiger partial charge in [-0.25, -0.2) is 4.39 Å². The summed E-state index contributed by atoms with van der Waals surface area (Å²) in [5.74, 6) is -0.0926. The summed E-state index contributed by atoms with van der Waals surface area (Å²) in [5.41, 5.74) is 0.722. The van der Waals surface area contributed by atoms with Crippen LogP contribution in [0.5, 0.6) is 5.75 Å². The standard InChI is InChI=1S/C20H18FNO2/c1-2-19(24-18-11-8-16(21)9-12-18)20(23)22-17-10-7-14-5-3-4-6-15(14)13-17/h3-13,19H,2H2,1H3,(H,22,23). The quantitative estimate of drug-likeness (QED) is 0.734. The van der Waals surface area contributed by atoms with Crippen LogP contribution in [-0.4, -0.2) is 12.0 Å². The first kappa shape index (κ1) is 16.0. The lowest BCUT2D eigenvalue weighted by Crippen LogP contribution is -2.32. The van der Waals surface area contributed by atoms with Gasteiger partial charge >= 0.3 is 0 Å². The maximum Gasteiger partial charge on any atom is 0.265 e. The van der Waals surface area contributed by atoms with Crippen molar-refractivity contribution in [1.82, 2.24) is 0 Å². The van der Waals surface area contributed by atoms with E-state index in [-0.39, 0.29) is 11.7 Å². The van der Waals surface area contributed by atoms with Gasteiger partial charge in [0.05, 0.1) is 0 Å². The summed E-state index contributed by atoms with van der Waals surface area (Å²) in [5, 5.41) is 5.05. The molecule has 0 heterocycles. The Labute approximate surface area is 140 Å². The zero-order valence-electron chi connectivity index (χ0n) is 13.3. The van der Waals surface area contributed by atoms with Crippen LogP contribution in [0.4, 0.5) is 10.1 Å². The SMILES string of the molecule is CCC(Oc1ccc(F)cc1)C(=O)Nc1ccc2ccccc2c1. The number of anilines is 1. The predicted octanol–water partition coefficient (Wildman–Crippen LogP) is 4.78. The molecule has 0 bridgehead atoms. The first-order valence-corrected chi connectivity index (χ1v) is 7.87. The molecule has 1 unspecified atom stereocenters. The number of hydrogen-bond donors (Lipinski definition) is 1. The molecule has 0 radical (unpaired) electrons. The molecule has 1 amide bonds. The Bertz CT molecular complexity index is 846. The minimum Gasteiger partial charge on any atom is -0.481 e. The Morgan fingerprint density at radius 3 is 2.46 bits per heavy atom. The molecular weight excluding hydrogens is 305 g/mol. The number of nitrogens with one attached hydrogen (secondary N) is 1. The van der Waals surface area contributed by atoms with E-state index in [0.29, 0.717) is 12.2 Å². The lowest BCUT2D eigenvalue weighted by Gasteiger charge is -2.17. The van der Waals surface area contributed by atoms with E-state index in [1.807, 2.05) is 49.4 Å². The molecule has 3 nitrogen and oxygen atoms in total. The van der Waals surface area contributed by atoms with Gasteiger partial charge in [0.2, 0.25) is 0 Å². The van der Waals surface area contributed by atoms with Gasteiger partial charge in [-0.15, -0.1) is 0 Å². The summed E-state index contributed by atoms with van der Waals surface area (Å²) in [6.07, 6.45) is -0.126. The van der Waals surface area contributed by atoms with Crippen molar-refractivity contribution in [3.8, 4) is 5.75 Å². The number of halogens is 1. The summed E-state index contributed by atoms with van der Waals surface area (Å²) >= 11 is 0. The van der Waals surface area contributed by atoms with E-state index in [1.54, 1.807) is 0 Å². The normalized spacial score (nSPS) is 11.9. The highest BCUT2D eigenvalue weighted by molar-refractivity contribution is 5.96. The van der Waals surface area contributed by atoms with E-state index in [1.165, 1.54) is 24.3 Å². The fourth-order valence-electron chi connectivity index (χ4n) is 2.49. The third kappa shape index (κ3) is 3.71. The second kappa shape index (κ2) is 7.13. The highest BCUT2D eigenvalue weighted by Gasteiger charge is 2.18. The molecule has 0 aliphatic carbocycles. The first-order chi connectivity index (χ1) is 11.7. The van der Waals surface area contributed by atoms with Gasteiger partial charge in [-0.1, -0.05) is 37.3 Å². The molecule has 0 aliphatic heterocycles. The summed E-state index contributed by atoms with van der Waals surface area (Å²) in [7, 11) is 0. The zero-order chi connectivity index (χ0) is 16.9. The van der Waals surface area contributed by atoms with Crippen molar-refractivity contribution in [3.63, 3.8) is 0 Å².